The highest BCUT2D eigenvalue weighted by Gasteiger charge is 2.32. The van der Waals surface area contributed by atoms with Crippen molar-refractivity contribution in [2.75, 3.05) is 18.5 Å². The molecule has 1 aromatic heterocycles. The zero-order valence-electron chi connectivity index (χ0n) is 9.70. The van der Waals surface area contributed by atoms with E-state index in [1.54, 1.807) is 0 Å². The molecule has 18 heavy (non-hydrogen) atoms. The molecule has 2 heterocycles. The van der Waals surface area contributed by atoms with E-state index in [1.165, 1.54) is 0 Å². The van der Waals surface area contributed by atoms with Gasteiger partial charge in [-0.15, -0.1) is 0 Å². The van der Waals surface area contributed by atoms with Gasteiger partial charge in [0, 0.05) is 19.3 Å². The van der Waals surface area contributed by atoms with Crippen LogP contribution < -0.4 is 5.32 Å². The SMILES string of the molecule is FC(F)(F)c1ccnc(NCC2CCCCO2)n1. The number of ether oxygens (including phenoxy) is 1. The van der Waals surface area contributed by atoms with Gasteiger partial charge in [-0.2, -0.15) is 13.2 Å². The van der Waals surface area contributed by atoms with Crippen LogP contribution in [0.1, 0.15) is 25.0 Å². The molecule has 2 rings (SSSR count). The minimum absolute atomic E-state index is 0.0148. The van der Waals surface area contributed by atoms with Gasteiger partial charge in [-0.05, 0) is 25.3 Å². The molecule has 0 bridgehead atoms. The Kier molecular flexibility index (Phi) is 4.00. The quantitative estimate of drug-likeness (QED) is 0.908. The van der Waals surface area contributed by atoms with E-state index in [-0.39, 0.29) is 12.1 Å². The Morgan fingerprint density at radius 2 is 2.22 bits per heavy atom. The maximum absolute atomic E-state index is 12.4. The number of hydrogen-bond acceptors (Lipinski definition) is 4. The molecule has 0 amide bonds. The van der Waals surface area contributed by atoms with Crippen molar-refractivity contribution in [1.82, 2.24) is 9.97 Å². The summed E-state index contributed by atoms with van der Waals surface area (Å²) < 4.78 is 42.7. The highest BCUT2D eigenvalue weighted by molar-refractivity contribution is 5.26. The third-order valence-electron chi connectivity index (χ3n) is 2.71. The fourth-order valence-electron chi connectivity index (χ4n) is 1.78. The van der Waals surface area contributed by atoms with E-state index in [2.05, 4.69) is 15.3 Å². The third-order valence-corrected chi connectivity index (χ3v) is 2.71. The van der Waals surface area contributed by atoms with Gasteiger partial charge in [-0.1, -0.05) is 0 Å². The second-order valence-electron chi connectivity index (χ2n) is 4.13. The predicted octanol–water partition coefficient (Wildman–Crippen LogP) is 2.48. The fourth-order valence-corrected chi connectivity index (χ4v) is 1.78. The second-order valence-corrected chi connectivity index (χ2v) is 4.13. The summed E-state index contributed by atoms with van der Waals surface area (Å²) in [4.78, 5) is 7.19. The molecule has 1 aliphatic rings. The number of nitrogens with zero attached hydrogens (tertiary/aromatic N) is 2. The van der Waals surface area contributed by atoms with Crippen molar-refractivity contribution in [3.63, 3.8) is 0 Å². The van der Waals surface area contributed by atoms with Crippen LogP contribution in [-0.2, 0) is 10.9 Å². The van der Waals surface area contributed by atoms with Crippen LogP contribution in [0.3, 0.4) is 0 Å². The molecule has 4 nitrogen and oxygen atoms in total. The molecule has 0 radical (unpaired) electrons. The van der Waals surface area contributed by atoms with Gasteiger partial charge >= 0.3 is 6.18 Å². The molecule has 1 aromatic rings. The molecule has 1 aliphatic heterocycles. The number of hydrogen-bond donors (Lipinski definition) is 1. The summed E-state index contributed by atoms with van der Waals surface area (Å²) >= 11 is 0. The molecular weight excluding hydrogens is 247 g/mol. The van der Waals surface area contributed by atoms with Gasteiger partial charge in [0.1, 0.15) is 5.69 Å². The summed E-state index contributed by atoms with van der Waals surface area (Å²) in [6.45, 7) is 1.14. The summed E-state index contributed by atoms with van der Waals surface area (Å²) in [6.07, 6.45) is -0.296. The Morgan fingerprint density at radius 3 is 2.89 bits per heavy atom. The highest BCUT2D eigenvalue weighted by atomic mass is 19.4. The maximum atomic E-state index is 12.4. The molecule has 100 valence electrons. The average Bonchev–Trinajstić information content (AvgIpc) is 2.37. The van der Waals surface area contributed by atoms with E-state index >= 15 is 0 Å². The first kappa shape index (κ1) is 13.1. The minimum atomic E-state index is -4.44. The fraction of sp³-hybridized carbons (Fsp3) is 0.636. The molecule has 0 spiro atoms. The van der Waals surface area contributed by atoms with Crippen molar-refractivity contribution in [1.29, 1.82) is 0 Å². The van der Waals surface area contributed by atoms with Crippen LogP contribution in [0.4, 0.5) is 19.1 Å². The van der Waals surface area contributed by atoms with Crippen molar-refractivity contribution in [3.05, 3.63) is 18.0 Å². The molecule has 1 saturated heterocycles. The summed E-state index contributed by atoms with van der Waals surface area (Å²) in [7, 11) is 0. The van der Waals surface area contributed by atoms with Crippen LogP contribution in [-0.4, -0.2) is 29.2 Å². The van der Waals surface area contributed by atoms with Crippen molar-refractivity contribution in [2.24, 2.45) is 0 Å². The second kappa shape index (κ2) is 5.51. The van der Waals surface area contributed by atoms with E-state index in [4.69, 9.17) is 4.74 Å². The summed E-state index contributed by atoms with van der Waals surface area (Å²) in [5.74, 6) is -0.0148. The molecule has 0 saturated carbocycles. The topological polar surface area (TPSA) is 47.0 Å². The first-order valence-corrected chi connectivity index (χ1v) is 5.81. The smallest absolute Gasteiger partial charge is 0.376 e. The summed E-state index contributed by atoms with van der Waals surface area (Å²) in [5, 5.41) is 2.78. The van der Waals surface area contributed by atoms with Gasteiger partial charge in [0.25, 0.3) is 0 Å². The molecule has 7 heteroatoms. The zero-order chi connectivity index (χ0) is 13.0. The average molecular weight is 261 g/mol. The maximum Gasteiger partial charge on any atom is 0.433 e. The molecule has 1 fully saturated rings. The van der Waals surface area contributed by atoms with Gasteiger partial charge in [-0.25, -0.2) is 9.97 Å². The van der Waals surface area contributed by atoms with Crippen molar-refractivity contribution in [2.45, 2.75) is 31.5 Å². The molecule has 1 atom stereocenters. The van der Waals surface area contributed by atoms with Crippen LogP contribution in [0.2, 0.25) is 0 Å². The lowest BCUT2D eigenvalue weighted by Crippen LogP contribution is -2.27. The van der Waals surface area contributed by atoms with Crippen LogP contribution >= 0.6 is 0 Å². The largest absolute Gasteiger partial charge is 0.433 e. The number of halogens is 3. The molecule has 1 N–H and O–H groups in total. The first-order valence-electron chi connectivity index (χ1n) is 5.81. The van der Waals surface area contributed by atoms with Crippen molar-refractivity contribution >= 4 is 5.95 Å². The number of nitrogens with one attached hydrogen (secondary N) is 1. The normalized spacial score (nSPS) is 20.7. The monoisotopic (exact) mass is 261 g/mol. The lowest BCUT2D eigenvalue weighted by atomic mass is 10.1. The van der Waals surface area contributed by atoms with E-state index < -0.39 is 11.9 Å². The molecule has 0 aliphatic carbocycles. The third kappa shape index (κ3) is 3.56. The lowest BCUT2D eigenvalue weighted by molar-refractivity contribution is -0.141. The number of alkyl halides is 3. The van der Waals surface area contributed by atoms with Crippen molar-refractivity contribution in [3.8, 4) is 0 Å². The van der Waals surface area contributed by atoms with Crippen LogP contribution in [0.5, 0.6) is 0 Å². The van der Waals surface area contributed by atoms with E-state index in [1.807, 2.05) is 0 Å². The van der Waals surface area contributed by atoms with Gasteiger partial charge in [0.2, 0.25) is 5.95 Å². The van der Waals surface area contributed by atoms with E-state index in [0.717, 1.165) is 31.5 Å². The Morgan fingerprint density at radius 1 is 1.39 bits per heavy atom. The van der Waals surface area contributed by atoms with Gasteiger partial charge in [0.05, 0.1) is 6.10 Å². The highest BCUT2D eigenvalue weighted by Crippen LogP contribution is 2.27. The Bertz CT molecular complexity index is 391. The molecule has 0 aromatic carbocycles. The molecule has 1 unspecified atom stereocenters. The van der Waals surface area contributed by atoms with Gasteiger partial charge in [0.15, 0.2) is 0 Å². The minimum Gasteiger partial charge on any atom is -0.376 e. The number of aromatic nitrogens is 2. The van der Waals surface area contributed by atoms with E-state index in [9.17, 15) is 13.2 Å². The molecular formula is C11H14F3N3O. The summed E-state index contributed by atoms with van der Waals surface area (Å²) in [6, 6.07) is 0.849. The standard InChI is InChI=1S/C11H14F3N3O/c12-11(13,14)9-4-5-15-10(17-9)16-7-8-3-1-2-6-18-8/h4-5,8H,1-3,6-7H2,(H,15,16,17). The first-order chi connectivity index (χ1) is 8.55. The zero-order valence-corrected chi connectivity index (χ0v) is 9.70. The van der Waals surface area contributed by atoms with Crippen molar-refractivity contribution < 1.29 is 17.9 Å². The Hall–Kier alpha value is -1.37. The lowest BCUT2D eigenvalue weighted by Gasteiger charge is -2.22. The van der Waals surface area contributed by atoms with E-state index in [0.29, 0.717) is 13.2 Å². The van der Waals surface area contributed by atoms with Crippen LogP contribution in [0, 0.1) is 0 Å². The Labute approximate surface area is 103 Å². The summed E-state index contributed by atoms with van der Waals surface area (Å²) in [5.41, 5.74) is -0.940. The Balaban J connectivity index is 1.92. The van der Waals surface area contributed by atoms with Crippen LogP contribution in [0.15, 0.2) is 12.3 Å². The van der Waals surface area contributed by atoms with Gasteiger partial charge < -0.3 is 10.1 Å². The van der Waals surface area contributed by atoms with Gasteiger partial charge in [-0.3, -0.25) is 0 Å². The number of rotatable bonds is 3. The van der Waals surface area contributed by atoms with Crippen LogP contribution in [0.25, 0.3) is 0 Å². The number of anilines is 1. The predicted molar refractivity (Wildman–Crippen MR) is 59.1 cm³/mol.